The quantitative estimate of drug-likeness (QED) is 0.838. The number of thiophene rings is 1. The molecule has 0 unspecified atom stereocenters. The second-order valence-electron chi connectivity index (χ2n) is 3.49. The van der Waals surface area contributed by atoms with Gasteiger partial charge in [0, 0.05) is 21.5 Å². The van der Waals surface area contributed by atoms with Crippen molar-refractivity contribution in [3.8, 4) is 11.8 Å². The maximum absolute atomic E-state index is 11.6. The molecule has 0 fully saturated rings. The summed E-state index contributed by atoms with van der Waals surface area (Å²) in [4.78, 5) is 12.8. The zero-order chi connectivity index (χ0) is 12.3. The molecule has 2 aromatic rings. The molecule has 17 heavy (non-hydrogen) atoms. The van der Waals surface area contributed by atoms with Crippen LogP contribution in [0, 0.1) is 18.8 Å². The average molecular weight is 264 g/mol. The molecule has 0 atom stereocenters. The molecular weight excluding hydrogens is 252 g/mol. The predicted molar refractivity (Wildman–Crippen MR) is 72.7 cm³/mol. The number of nitrogens with two attached hydrogens (primary N) is 1. The Balaban J connectivity index is 2.31. The van der Waals surface area contributed by atoms with Crippen molar-refractivity contribution in [3.05, 3.63) is 42.6 Å². The van der Waals surface area contributed by atoms with Gasteiger partial charge in [0.2, 0.25) is 0 Å². The minimum Gasteiger partial charge on any atom is -0.320 e. The molecule has 88 valence electrons. The van der Waals surface area contributed by atoms with Crippen molar-refractivity contribution in [2.24, 2.45) is 5.73 Å². The molecule has 3 nitrogen and oxygen atoms in total. The summed E-state index contributed by atoms with van der Waals surface area (Å²) in [6, 6.07) is 1.97. The van der Waals surface area contributed by atoms with Gasteiger partial charge in [-0.25, -0.2) is 0 Å². The summed E-state index contributed by atoms with van der Waals surface area (Å²) < 4.78 is 1.77. The summed E-state index contributed by atoms with van der Waals surface area (Å²) in [6.45, 7) is 2.89. The Hall–Kier alpha value is -1.35. The number of nitrogens with zero attached hydrogens (tertiary/aromatic N) is 1. The van der Waals surface area contributed by atoms with Gasteiger partial charge >= 0.3 is 4.87 Å². The van der Waals surface area contributed by atoms with E-state index in [1.54, 1.807) is 15.9 Å². The Morgan fingerprint density at radius 2 is 2.29 bits per heavy atom. The zero-order valence-electron chi connectivity index (χ0n) is 9.40. The van der Waals surface area contributed by atoms with Gasteiger partial charge in [-0.3, -0.25) is 9.36 Å². The van der Waals surface area contributed by atoms with E-state index in [1.165, 1.54) is 11.3 Å². The van der Waals surface area contributed by atoms with Crippen LogP contribution in [0.5, 0.6) is 0 Å². The smallest absolute Gasteiger partial charge is 0.307 e. The van der Waals surface area contributed by atoms with E-state index in [2.05, 4.69) is 11.8 Å². The first-order valence-corrected chi connectivity index (χ1v) is 6.88. The summed E-state index contributed by atoms with van der Waals surface area (Å²) in [6.07, 6.45) is 0. The van der Waals surface area contributed by atoms with E-state index < -0.39 is 0 Å². The summed E-state index contributed by atoms with van der Waals surface area (Å²) in [5, 5.41) is 3.86. The van der Waals surface area contributed by atoms with E-state index in [1.807, 2.05) is 23.8 Å². The van der Waals surface area contributed by atoms with Crippen LogP contribution in [0.2, 0.25) is 0 Å². The van der Waals surface area contributed by atoms with Gasteiger partial charge in [-0.2, -0.15) is 0 Å². The third-order valence-corrected chi connectivity index (χ3v) is 4.14. The largest absolute Gasteiger partial charge is 0.320 e. The summed E-state index contributed by atoms with van der Waals surface area (Å²) in [5.41, 5.74) is 7.32. The Morgan fingerprint density at radius 3 is 2.94 bits per heavy atom. The first-order valence-electron chi connectivity index (χ1n) is 5.12. The number of thiazole rings is 1. The lowest BCUT2D eigenvalue weighted by atomic mass is 10.2. The van der Waals surface area contributed by atoms with Gasteiger partial charge in [0.05, 0.1) is 13.1 Å². The fourth-order valence-corrected chi connectivity index (χ4v) is 3.01. The SMILES string of the molecule is Cc1csc(=O)n1Cc1sccc1C#CCN. The Kier molecular flexibility index (Phi) is 3.79. The molecule has 2 rings (SSSR count). The lowest BCUT2D eigenvalue weighted by molar-refractivity contribution is 0.764. The third kappa shape index (κ3) is 2.67. The molecule has 2 N–H and O–H groups in total. The maximum atomic E-state index is 11.6. The van der Waals surface area contributed by atoms with E-state index in [-0.39, 0.29) is 4.87 Å². The number of rotatable bonds is 2. The second kappa shape index (κ2) is 5.32. The van der Waals surface area contributed by atoms with Crippen LogP contribution in [0.4, 0.5) is 0 Å². The first-order chi connectivity index (χ1) is 8.22. The van der Waals surface area contributed by atoms with Gasteiger partial charge in [-0.15, -0.1) is 11.3 Å². The normalized spacial score (nSPS) is 10.0. The molecular formula is C12H12N2OS2. The summed E-state index contributed by atoms with van der Waals surface area (Å²) in [5.74, 6) is 5.87. The predicted octanol–water partition coefficient (Wildman–Crippen LogP) is 1.64. The summed E-state index contributed by atoms with van der Waals surface area (Å²) >= 11 is 2.85. The maximum Gasteiger partial charge on any atom is 0.307 e. The molecule has 0 aliphatic heterocycles. The van der Waals surface area contributed by atoms with Gasteiger partial charge in [0.1, 0.15) is 0 Å². The highest BCUT2D eigenvalue weighted by Gasteiger charge is 2.07. The van der Waals surface area contributed by atoms with Crippen molar-refractivity contribution in [2.45, 2.75) is 13.5 Å². The van der Waals surface area contributed by atoms with Gasteiger partial charge < -0.3 is 5.73 Å². The van der Waals surface area contributed by atoms with Crippen LogP contribution in [0.15, 0.2) is 21.6 Å². The molecule has 0 aliphatic carbocycles. The molecule has 0 aliphatic rings. The first kappa shape index (κ1) is 12.1. The average Bonchev–Trinajstić information content (AvgIpc) is 2.88. The zero-order valence-corrected chi connectivity index (χ0v) is 11.0. The Morgan fingerprint density at radius 1 is 1.47 bits per heavy atom. The van der Waals surface area contributed by atoms with Gasteiger partial charge in [0.15, 0.2) is 0 Å². The fraction of sp³-hybridized carbons (Fsp3) is 0.250. The van der Waals surface area contributed by atoms with E-state index >= 15 is 0 Å². The number of hydrogen-bond acceptors (Lipinski definition) is 4. The highest BCUT2D eigenvalue weighted by atomic mass is 32.1. The Labute approximate surface area is 108 Å². The van der Waals surface area contributed by atoms with E-state index in [0.29, 0.717) is 13.1 Å². The lowest BCUT2D eigenvalue weighted by Gasteiger charge is -2.02. The molecule has 0 spiro atoms. The van der Waals surface area contributed by atoms with E-state index in [0.717, 1.165) is 16.1 Å². The van der Waals surface area contributed by atoms with Crippen molar-refractivity contribution in [1.82, 2.24) is 4.57 Å². The molecule has 0 saturated carbocycles. The molecule has 0 amide bonds. The Bertz CT molecular complexity index is 625. The van der Waals surface area contributed by atoms with Crippen LogP contribution in [-0.2, 0) is 6.54 Å². The lowest BCUT2D eigenvalue weighted by Crippen LogP contribution is -2.15. The van der Waals surface area contributed by atoms with Crippen molar-refractivity contribution < 1.29 is 0 Å². The second-order valence-corrected chi connectivity index (χ2v) is 5.31. The van der Waals surface area contributed by atoms with Crippen molar-refractivity contribution >= 4 is 22.7 Å². The highest BCUT2D eigenvalue weighted by molar-refractivity contribution is 7.10. The van der Waals surface area contributed by atoms with E-state index in [4.69, 9.17) is 5.73 Å². The minimum atomic E-state index is 0.0774. The van der Waals surface area contributed by atoms with Gasteiger partial charge in [0.25, 0.3) is 0 Å². The van der Waals surface area contributed by atoms with Gasteiger partial charge in [-0.1, -0.05) is 23.2 Å². The van der Waals surface area contributed by atoms with Gasteiger partial charge in [-0.05, 0) is 18.4 Å². The van der Waals surface area contributed by atoms with Crippen molar-refractivity contribution in [2.75, 3.05) is 6.54 Å². The van der Waals surface area contributed by atoms with Crippen molar-refractivity contribution in [1.29, 1.82) is 0 Å². The standard InChI is InChI=1S/C12H12N2OS2/c1-9-8-17-12(15)14(9)7-11-10(3-2-5-13)4-6-16-11/h4,6,8H,5,7,13H2,1H3. The van der Waals surface area contributed by atoms with E-state index in [9.17, 15) is 4.79 Å². The van der Waals surface area contributed by atoms with Crippen LogP contribution < -0.4 is 10.6 Å². The number of aromatic nitrogens is 1. The molecule has 2 aromatic heterocycles. The number of hydrogen-bond donors (Lipinski definition) is 1. The molecule has 2 heterocycles. The molecule has 0 bridgehead atoms. The van der Waals surface area contributed by atoms with Crippen LogP contribution in [-0.4, -0.2) is 11.1 Å². The number of aryl methyl sites for hydroxylation is 1. The topological polar surface area (TPSA) is 48.0 Å². The van der Waals surface area contributed by atoms with Crippen molar-refractivity contribution in [3.63, 3.8) is 0 Å². The minimum absolute atomic E-state index is 0.0774. The van der Waals surface area contributed by atoms with Crippen LogP contribution in [0.3, 0.4) is 0 Å². The fourth-order valence-electron chi connectivity index (χ4n) is 1.46. The monoisotopic (exact) mass is 264 g/mol. The molecule has 0 aromatic carbocycles. The summed E-state index contributed by atoms with van der Waals surface area (Å²) in [7, 11) is 0. The van der Waals surface area contributed by atoms with Crippen LogP contribution in [0.1, 0.15) is 16.1 Å². The van der Waals surface area contributed by atoms with Crippen LogP contribution >= 0.6 is 22.7 Å². The van der Waals surface area contributed by atoms with Crippen LogP contribution in [0.25, 0.3) is 0 Å². The molecule has 0 saturated heterocycles. The molecule has 5 heteroatoms. The highest BCUT2D eigenvalue weighted by Crippen LogP contribution is 2.17. The third-order valence-electron chi connectivity index (χ3n) is 2.35. The molecule has 0 radical (unpaired) electrons.